The van der Waals surface area contributed by atoms with Crippen LogP contribution in [0.2, 0.25) is 0 Å². The van der Waals surface area contributed by atoms with E-state index in [1.807, 2.05) is 12.1 Å². The Hall–Kier alpha value is -2.24. The summed E-state index contributed by atoms with van der Waals surface area (Å²) < 4.78 is 0. The minimum atomic E-state index is -0.805. The van der Waals surface area contributed by atoms with Gasteiger partial charge < -0.3 is 10.0 Å². The van der Waals surface area contributed by atoms with Crippen LogP contribution in [0.15, 0.2) is 48.8 Å². The third-order valence-corrected chi connectivity index (χ3v) is 5.52. The van der Waals surface area contributed by atoms with Crippen molar-refractivity contribution in [2.24, 2.45) is 0 Å². The van der Waals surface area contributed by atoms with Crippen molar-refractivity contribution in [1.29, 1.82) is 0 Å². The largest absolute Gasteiger partial charge is 0.387 e. The van der Waals surface area contributed by atoms with Gasteiger partial charge in [0.25, 0.3) is 0 Å². The van der Waals surface area contributed by atoms with Crippen LogP contribution in [0.4, 0.5) is 0 Å². The van der Waals surface area contributed by atoms with Gasteiger partial charge in [-0.25, -0.2) is 0 Å². The molecule has 0 saturated carbocycles. The Morgan fingerprint density at radius 1 is 1.12 bits per heavy atom. The lowest BCUT2D eigenvalue weighted by Crippen LogP contribution is -2.47. The maximum absolute atomic E-state index is 12.5. The van der Waals surface area contributed by atoms with Gasteiger partial charge in [0.15, 0.2) is 0 Å². The molecule has 1 fully saturated rings. The molecule has 4 rings (SSSR count). The summed E-state index contributed by atoms with van der Waals surface area (Å²) in [7, 11) is 0. The first-order valence-electron chi connectivity index (χ1n) is 9.30. The number of hydrogen-bond acceptors (Lipinski definition) is 4. The summed E-state index contributed by atoms with van der Waals surface area (Å²) in [6, 6.07) is 12.3. The molecular formula is C21H25N3O2. The van der Waals surface area contributed by atoms with Crippen LogP contribution in [0, 0.1) is 0 Å². The van der Waals surface area contributed by atoms with Crippen LogP contribution < -0.4 is 0 Å². The molecule has 1 atom stereocenters. The van der Waals surface area contributed by atoms with E-state index in [-0.39, 0.29) is 5.91 Å². The molecule has 2 aliphatic rings. The van der Waals surface area contributed by atoms with Gasteiger partial charge >= 0.3 is 0 Å². The zero-order chi connectivity index (χ0) is 18.0. The fraction of sp³-hybridized carbons (Fsp3) is 0.429. The van der Waals surface area contributed by atoms with Crippen LogP contribution in [-0.4, -0.2) is 57.6 Å². The smallest absolute Gasteiger partial charge is 0.227 e. The Labute approximate surface area is 154 Å². The molecule has 5 heteroatoms. The van der Waals surface area contributed by atoms with Crippen LogP contribution in [0.3, 0.4) is 0 Å². The fourth-order valence-electron chi connectivity index (χ4n) is 4.09. The zero-order valence-corrected chi connectivity index (χ0v) is 15.0. The highest BCUT2D eigenvalue weighted by atomic mass is 16.3. The number of pyridine rings is 1. The number of carbonyl (C=O) groups excluding carboxylic acids is 1. The van der Waals surface area contributed by atoms with Crippen LogP contribution in [-0.2, 0) is 24.2 Å². The van der Waals surface area contributed by atoms with Crippen molar-refractivity contribution in [1.82, 2.24) is 14.8 Å². The molecule has 3 heterocycles. The highest BCUT2D eigenvalue weighted by molar-refractivity contribution is 5.79. The molecule has 26 heavy (non-hydrogen) atoms. The molecular weight excluding hydrogens is 326 g/mol. The van der Waals surface area contributed by atoms with Crippen LogP contribution in [0.1, 0.15) is 23.1 Å². The molecule has 0 radical (unpaired) electrons. The first-order chi connectivity index (χ1) is 12.6. The summed E-state index contributed by atoms with van der Waals surface area (Å²) in [6.07, 6.45) is 5.45. The van der Waals surface area contributed by atoms with E-state index in [0.717, 1.165) is 25.1 Å². The van der Waals surface area contributed by atoms with E-state index < -0.39 is 5.60 Å². The summed E-state index contributed by atoms with van der Waals surface area (Å²) in [5, 5.41) is 11.0. The Morgan fingerprint density at radius 3 is 2.69 bits per heavy atom. The molecule has 5 nitrogen and oxygen atoms in total. The lowest BCUT2D eigenvalue weighted by molar-refractivity contribution is -0.130. The molecule has 1 N–H and O–H groups in total. The topological polar surface area (TPSA) is 56.7 Å². The monoisotopic (exact) mass is 351 g/mol. The van der Waals surface area contributed by atoms with Gasteiger partial charge in [0.2, 0.25) is 5.91 Å². The van der Waals surface area contributed by atoms with Crippen molar-refractivity contribution >= 4 is 5.91 Å². The van der Waals surface area contributed by atoms with Crippen LogP contribution in [0.5, 0.6) is 0 Å². The van der Waals surface area contributed by atoms with Crippen molar-refractivity contribution < 1.29 is 9.90 Å². The second-order valence-electron chi connectivity index (χ2n) is 7.55. The Balaban J connectivity index is 1.34. The second-order valence-corrected chi connectivity index (χ2v) is 7.55. The molecule has 0 aliphatic carbocycles. The van der Waals surface area contributed by atoms with E-state index in [0.29, 0.717) is 32.5 Å². The van der Waals surface area contributed by atoms with Crippen molar-refractivity contribution in [2.45, 2.75) is 31.4 Å². The predicted octanol–water partition coefficient (Wildman–Crippen LogP) is 1.65. The number of benzene rings is 1. The molecule has 2 aliphatic heterocycles. The summed E-state index contributed by atoms with van der Waals surface area (Å²) in [5.74, 6) is 0.0797. The summed E-state index contributed by atoms with van der Waals surface area (Å²) in [4.78, 5) is 20.6. The first kappa shape index (κ1) is 17.2. The average Bonchev–Trinajstić information content (AvgIpc) is 3.04. The number of rotatable bonds is 4. The molecule has 2 aromatic rings. The number of β-amino-alcohol motifs (C(OH)–C–C–N with tert-alkyl or cyclic N) is 1. The Bertz CT molecular complexity index is 780. The number of aromatic nitrogens is 1. The molecule has 1 aromatic carbocycles. The minimum absolute atomic E-state index is 0.0797. The van der Waals surface area contributed by atoms with Gasteiger partial charge in [-0.3, -0.25) is 14.7 Å². The van der Waals surface area contributed by atoms with Crippen molar-refractivity contribution in [3.05, 3.63) is 65.5 Å². The molecule has 1 aromatic heterocycles. The van der Waals surface area contributed by atoms with Gasteiger partial charge in [-0.15, -0.1) is 0 Å². The number of aliphatic hydroxyl groups is 1. The Kier molecular flexibility index (Phi) is 4.74. The quantitative estimate of drug-likeness (QED) is 0.910. The summed E-state index contributed by atoms with van der Waals surface area (Å²) in [6.45, 7) is 3.52. The molecule has 1 saturated heterocycles. The lowest BCUT2D eigenvalue weighted by Gasteiger charge is -2.34. The SMILES string of the molecule is O=C(Cc1ccncc1)N1CC[C@](O)(CN2CCc3ccccc3C2)C1. The van der Waals surface area contributed by atoms with Gasteiger partial charge in [0, 0.05) is 38.6 Å². The number of amides is 1. The van der Waals surface area contributed by atoms with Gasteiger partial charge in [-0.1, -0.05) is 24.3 Å². The van der Waals surface area contributed by atoms with E-state index in [9.17, 15) is 9.90 Å². The van der Waals surface area contributed by atoms with Crippen molar-refractivity contribution in [2.75, 3.05) is 26.2 Å². The maximum atomic E-state index is 12.5. The maximum Gasteiger partial charge on any atom is 0.227 e. The van der Waals surface area contributed by atoms with Crippen molar-refractivity contribution in [3.8, 4) is 0 Å². The Morgan fingerprint density at radius 2 is 1.88 bits per heavy atom. The van der Waals surface area contributed by atoms with E-state index in [1.54, 1.807) is 17.3 Å². The first-order valence-corrected chi connectivity index (χ1v) is 9.30. The van der Waals surface area contributed by atoms with E-state index in [1.165, 1.54) is 11.1 Å². The number of hydrogen-bond donors (Lipinski definition) is 1. The molecule has 1 amide bonds. The van der Waals surface area contributed by atoms with Crippen LogP contribution in [0.25, 0.3) is 0 Å². The number of carbonyl (C=O) groups is 1. The van der Waals surface area contributed by atoms with Gasteiger partial charge in [-0.2, -0.15) is 0 Å². The van der Waals surface area contributed by atoms with Gasteiger partial charge in [0.1, 0.15) is 0 Å². The molecule has 136 valence electrons. The lowest BCUT2D eigenvalue weighted by atomic mass is 9.97. The van der Waals surface area contributed by atoms with Gasteiger partial charge in [-0.05, 0) is 41.7 Å². The third kappa shape index (κ3) is 3.79. The number of fused-ring (bicyclic) bond motifs is 1. The second kappa shape index (κ2) is 7.17. The minimum Gasteiger partial charge on any atom is -0.387 e. The highest BCUT2D eigenvalue weighted by Gasteiger charge is 2.39. The van der Waals surface area contributed by atoms with E-state index in [2.05, 4.69) is 34.1 Å². The van der Waals surface area contributed by atoms with Crippen LogP contribution >= 0.6 is 0 Å². The number of likely N-dealkylation sites (tertiary alicyclic amines) is 1. The predicted molar refractivity (Wildman–Crippen MR) is 99.5 cm³/mol. The van der Waals surface area contributed by atoms with Crippen molar-refractivity contribution in [3.63, 3.8) is 0 Å². The zero-order valence-electron chi connectivity index (χ0n) is 15.0. The summed E-state index contributed by atoms with van der Waals surface area (Å²) in [5.41, 5.74) is 2.93. The van der Waals surface area contributed by atoms with Gasteiger partial charge in [0.05, 0.1) is 18.6 Å². The normalized spacial score (nSPS) is 23.0. The average molecular weight is 351 g/mol. The summed E-state index contributed by atoms with van der Waals surface area (Å²) >= 11 is 0. The highest BCUT2D eigenvalue weighted by Crippen LogP contribution is 2.26. The fourth-order valence-corrected chi connectivity index (χ4v) is 4.09. The molecule has 0 unspecified atom stereocenters. The molecule has 0 bridgehead atoms. The van der Waals surface area contributed by atoms with E-state index >= 15 is 0 Å². The van der Waals surface area contributed by atoms with E-state index in [4.69, 9.17) is 0 Å². The molecule has 0 spiro atoms. The number of nitrogens with zero attached hydrogens (tertiary/aromatic N) is 3. The standard InChI is InChI=1S/C21H25N3O2/c25-20(13-17-5-9-22-10-6-17)24-12-8-21(26,16-24)15-23-11-7-18-3-1-2-4-19(18)14-23/h1-6,9-10,26H,7-8,11-16H2/t21-/m0/s1. The third-order valence-electron chi connectivity index (χ3n) is 5.52.